The highest BCUT2D eigenvalue weighted by atomic mass is 16.5. The highest BCUT2D eigenvalue weighted by Crippen LogP contribution is 2.33. The summed E-state index contributed by atoms with van der Waals surface area (Å²) in [5.41, 5.74) is 1.91. The van der Waals surface area contributed by atoms with Crippen molar-refractivity contribution in [2.75, 3.05) is 13.7 Å². The van der Waals surface area contributed by atoms with Crippen LogP contribution in [0.4, 0.5) is 0 Å². The maximum absolute atomic E-state index is 13.1. The molecule has 144 valence electrons. The summed E-state index contributed by atoms with van der Waals surface area (Å²) in [5, 5.41) is 8.30. The molecule has 1 aliphatic rings. The molecule has 28 heavy (non-hydrogen) atoms. The molecule has 0 N–H and O–H groups in total. The van der Waals surface area contributed by atoms with Gasteiger partial charge in [-0.2, -0.15) is 0 Å². The van der Waals surface area contributed by atoms with Crippen molar-refractivity contribution in [2.45, 2.75) is 32.2 Å². The van der Waals surface area contributed by atoms with Gasteiger partial charge in [-0.1, -0.05) is 6.07 Å². The van der Waals surface area contributed by atoms with E-state index in [-0.39, 0.29) is 11.9 Å². The summed E-state index contributed by atoms with van der Waals surface area (Å²) in [5.74, 6) is 1.31. The third kappa shape index (κ3) is 3.58. The van der Waals surface area contributed by atoms with Crippen molar-refractivity contribution in [1.29, 1.82) is 0 Å². The van der Waals surface area contributed by atoms with Crippen molar-refractivity contribution in [3.05, 3.63) is 53.8 Å². The first kappa shape index (κ1) is 18.1. The highest BCUT2D eigenvalue weighted by Gasteiger charge is 2.33. The molecule has 1 atom stereocenters. The number of amides is 1. The lowest BCUT2D eigenvalue weighted by Crippen LogP contribution is -2.38. The van der Waals surface area contributed by atoms with E-state index in [0.29, 0.717) is 35.3 Å². The Labute approximate surface area is 162 Å². The molecule has 1 saturated heterocycles. The standard InChI is InChI=1S/C20H21N5O3/c1-13-11-22-16(12-21-13)18-23-24-19(28-18)17-8-3-4-9-25(17)20(26)14-6-5-7-15(10-14)27-2/h5-7,10-12,17H,3-4,8-9H2,1-2H3. The molecule has 1 aromatic carbocycles. The van der Waals surface area contributed by atoms with Gasteiger partial charge in [-0.05, 0) is 44.4 Å². The van der Waals surface area contributed by atoms with E-state index in [4.69, 9.17) is 9.15 Å². The van der Waals surface area contributed by atoms with Gasteiger partial charge in [0.2, 0.25) is 5.89 Å². The van der Waals surface area contributed by atoms with Gasteiger partial charge in [-0.3, -0.25) is 9.78 Å². The molecule has 1 fully saturated rings. The fraction of sp³-hybridized carbons (Fsp3) is 0.350. The predicted octanol–water partition coefficient (Wildman–Crippen LogP) is 3.21. The summed E-state index contributed by atoms with van der Waals surface area (Å²) in [6.07, 6.45) is 5.97. The van der Waals surface area contributed by atoms with Crippen molar-refractivity contribution >= 4 is 5.91 Å². The molecule has 4 rings (SSSR count). The Morgan fingerprint density at radius 3 is 2.89 bits per heavy atom. The molecule has 1 unspecified atom stereocenters. The quantitative estimate of drug-likeness (QED) is 0.687. The zero-order chi connectivity index (χ0) is 19.5. The molecule has 1 aliphatic heterocycles. The highest BCUT2D eigenvalue weighted by molar-refractivity contribution is 5.94. The molecule has 8 heteroatoms. The number of nitrogens with zero attached hydrogens (tertiary/aromatic N) is 5. The Kier molecular flexibility index (Phi) is 5.01. The SMILES string of the molecule is COc1cccc(C(=O)N2CCCCC2c2nnc(-c3cnc(C)cn3)o2)c1. The number of piperidine rings is 1. The number of hydrogen-bond donors (Lipinski definition) is 0. The van der Waals surface area contributed by atoms with Crippen molar-refractivity contribution in [2.24, 2.45) is 0 Å². The number of ether oxygens (including phenoxy) is 1. The third-order valence-electron chi connectivity index (χ3n) is 4.81. The summed E-state index contributed by atoms with van der Waals surface area (Å²) in [6.45, 7) is 2.50. The number of methoxy groups -OCH3 is 1. The lowest BCUT2D eigenvalue weighted by molar-refractivity contribution is 0.0572. The number of carbonyl (C=O) groups is 1. The summed E-state index contributed by atoms with van der Waals surface area (Å²) in [6, 6.07) is 6.91. The van der Waals surface area contributed by atoms with Crippen LogP contribution in [0.5, 0.6) is 5.75 Å². The number of aryl methyl sites for hydroxylation is 1. The molecule has 0 aliphatic carbocycles. The first-order valence-corrected chi connectivity index (χ1v) is 9.23. The second-order valence-electron chi connectivity index (χ2n) is 6.73. The Bertz CT molecular complexity index is 970. The van der Waals surface area contributed by atoms with E-state index >= 15 is 0 Å². The van der Waals surface area contributed by atoms with Crippen LogP contribution in [0.2, 0.25) is 0 Å². The Balaban J connectivity index is 1.60. The average Bonchev–Trinajstić information content (AvgIpc) is 3.24. The minimum absolute atomic E-state index is 0.0709. The van der Waals surface area contributed by atoms with Crippen LogP contribution in [0.1, 0.15) is 47.2 Å². The van der Waals surface area contributed by atoms with Gasteiger partial charge in [0.15, 0.2) is 0 Å². The lowest BCUT2D eigenvalue weighted by Gasteiger charge is -2.33. The average molecular weight is 379 g/mol. The molecular weight excluding hydrogens is 358 g/mol. The number of hydrogen-bond acceptors (Lipinski definition) is 7. The van der Waals surface area contributed by atoms with E-state index in [0.717, 1.165) is 25.0 Å². The number of benzene rings is 1. The fourth-order valence-electron chi connectivity index (χ4n) is 3.33. The van der Waals surface area contributed by atoms with Crippen molar-refractivity contribution in [3.8, 4) is 17.3 Å². The van der Waals surface area contributed by atoms with E-state index < -0.39 is 0 Å². The summed E-state index contributed by atoms with van der Waals surface area (Å²) in [4.78, 5) is 23.4. The molecule has 3 aromatic rings. The smallest absolute Gasteiger partial charge is 0.267 e. The minimum atomic E-state index is -0.257. The lowest BCUT2D eigenvalue weighted by atomic mass is 10.0. The van der Waals surface area contributed by atoms with Crippen molar-refractivity contribution in [1.82, 2.24) is 25.1 Å². The monoisotopic (exact) mass is 379 g/mol. The minimum Gasteiger partial charge on any atom is -0.497 e. The van der Waals surface area contributed by atoms with Crippen LogP contribution in [-0.2, 0) is 0 Å². The maximum Gasteiger partial charge on any atom is 0.267 e. The molecule has 0 spiro atoms. The van der Waals surface area contributed by atoms with Gasteiger partial charge in [0.05, 0.1) is 19.0 Å². The molecule has 3 heterocycles. The van der Waals surface area contributed by atoms with Gasteiger partial charge in [0.25, 0.3) is 11.8 Å². The maximum atomic E-state index is 13.1. The van der Waals surface area contributed by atoms with E-state index in [9.17, 15) is 4.79 Å². The first-order valence-electron chi connectivity index (χ1n) is 9.23. The Hall–Kier alpha value is -3.29. The van der Waals surface area contributed by atoms with Crippen LogP contribution in [0.25, 0.3) is 11.6 Å². The Morgan fingerprint density at radius 1 is 1.21 bits per heavy atom. The molecule has 8 nitrogen and oxygen atoms in total. The van der Waals surface area contributed by atoms with E-state index in [2.05, 4.69) is 20.2 Å². The van der Waals surface area contributed by atoms with Gasteiger partial charge in [0.1, 0.15) is 17.5 Å². The van der Waals surface area contributed by atoms with Gasteiger partial charge in [-0.25, -0.2) is 4.98 Å². The molecule has 1 amide bonds. The molecule has 0 radical (unpaired) electrons. The van der Waals surface area contributed by atoms with Crippen LogP contribution >= 0.6 is 0 Å². The molecule has 0 saturated carbocycles. The van der Waals surface area contributed by atoms with Gasteiger partial charge < -0.3 is 14.1 Å². The second-order valence-corrected chi connectivity index (χ2v) is 6.73. The van der Waals surface area contributed by atoms with E-state index in [1.165, 1.54) is 0 Å². The van der Waals surface area contributed by atoms with E-state index in [1.807, 2.05) is 19.1 Å². The van der Waals surface area contributed by atoms with Gasteiger partial charge in [-0.15, -0.1) is 10.2 Å². The van der Waals surface area contributed by atoms with Crippen molar-refractivity contribution in [3.63, 3.8) is 0 Å². The largest absolute Gasteiger partial charge is 0.497 e. The number of carbonyl (C=O) groups excluding carboxylic acids is 1. The van der Waals surface area contributed by atoms with Gasteiger partial charge in [0, 0.05) is 18.3 Å². The molecule has 2 aromatic heterocycles. The summed E-state index contributed by atoms with van der Waals surface area (Å²) < 4.78 is 11.1. The van der Waals surface area contributed by atoms with E-state index in [1.54, 1.807) is 36.5 Å². The number of likely N-dealkylation sites (tertiary alicyclic amines) is 1. The van der Waals surface area contributed by atoms with Crippen LogP contribution < -0.4 is 4.74 Å². The second kappa shape index (κ2) is 7.75. The normalized spacial score (nSPS) is 16.8. The topological polar surface area (TPSA) is 94.2 Å². The third-order valence-corrected chi connectivity index (χ3v) is 4.81. The number of rotatable bonds is 4. The van der Waals surface area contributed by atoms with Crippen molar-refractivity contribution < 1.29 is 13.9 Å². The molecule has 0 bridgehead atoms. The van der Waals surface area contributed by atoms with Gasteiger partial charge >= 0.3 is 0 Å². The van der Waals surface area contributed by atoms with Crippen LogP contribution in [-0.4, -0.2) is 44.6 Å². The van der Waals surface area contributed by atoms with Crippen LogP contribution in [0.15, 0.2) is 41.1 Å². The summed E-state index contributed by atoms with van der Waals surface area (Å²) in [7, 11) is 1.58. The predicted molar refractivity (Wildman–Crippen MR) is 101 cm³/mol. The van der Waals surface area contributed by atoms with Crippen LogP contribution in [0, 0.1) is 6.92 Å². The summed E-state index contributed by atoms with van der Waals surface area (Å²) >= 11 is 0. The Morgan fingerprint density at radius 2 is 2.11 bits per heavy atom. The first-order chi connectivity index (χ1) is 13.7. The fourth-order valence-corrected chi connectivity index (χ4v) is 3.33. The zero-order valence-electron chi connectivity index (χ0n) is 15.8. The van der Waals surface area contributed by atoms with Crippen LogP contribution in [0.3, 0.4) is 0 Å². The zero-order valence-corrected chi connectivity index (χ0v) is 15.8. The number of aromatic nitrogens is 4. The molecular formula is C20H21N5O3.